The molecule has 1 fully saturated rings. The Bertz CT molecular complexity index is 1520. The van der Waals surface area contributed by atoms with Gasteiger partial charge in [0.05, 0.1) is 34.7 Å². The summed E-state index contributed by atoms with van der Waals surface area (Å²) in [5, 5.41) is 10.4. The number of para-hydroxylation sites is 1. The summed E-state index contributed by atoms with van der Waals surface area (Å²) in [4.78, 5) is 8.08. The van der Waals surface area contributed by atoms with E-state index in [4.69, 9.17) is 16.3 Å². The van der Waals surface area contributed by atoms with Crippen LogP contribution in [0.5, 0.6) is 0 Å². The molecule has 0 aliphatic carbocycles. The van der Waals surface area contributed by atoms with Gasteiger partial charge in [-0.2, -0.15) is 10.7 Å². The number of piperidine rings is 1. The van der Waals surface area contributed by atoms with Gasteiger partial charge < -0.3 is 15.0 Å². The van der Waals surface area contributed by atoms with E-state index < -0.39 is 0 Å². The molecule has 5 rings (SSSR count). The molecule has 0 atom stereocenters. The van der Waals surface area contributed by atoms with Crippen molar-refractivity contribution in [2.24, 2.45) is 0 Å². The number of fused-ring (bicyclic) bond motifs is 1. The van der Waals surface area contributed by atoms with Crippen molar-refractivity contribution in [3.63, 3.8) is 0 Å². The van der Waals surface area contributed by atoms with Gasteiger partial charge in [-0.15, -0.1) is 12.0 Å². The molecule has 1 aliphatic heterocycles. The summed E-state index contributed by atoms with van der Waals surface area (Å²) < 4.78 is 19.8. The molecule has 2 aromatic heterocycles. The van der Waals surface area contributed by atoms with Gasteiger partial charge in [-0.25, -0.2) is 21.9 Å². The van der Waals surface area contributed by atoms with Gasteiger partial charge in [0, 0.05) is 5.56 Å². The van der Waals surface area contributed by atoms with Gasteiger partial charge in [-0.1, -0.05) is 30.8 Å². The van der Waals surface area contributed by atoms with E-state index in [0.717, 1.165) is 48.1 Å². The molecule has 180 valence electrons. The third-order valence-electron chi connectivity index (χ3n) is 5.95. The summed E-state index contributed by atoms with van der Waals surface area (Å²) in [6.07, 6.45) is 6.97. The number of hydrogen-bond acceptors (Lipinski definition) is 4. The number of aromatic amines is 2. The van der Waals surface area contributed by atoms with E-state index in [1.165, 1.54) is 12.1 Å². The molecule has 0 amide bonds. The first-order valence-electron chi connectivity index (χ1n) is 11.7. The molecule has 2 aromatic carbocycles. The van der Waals surface area contributed by atoms with Gasteiger partial charge in [-0.05, 0) is 55.8 Å². The van der Waals surface area contributed by atoms with Gasteiger partial charge in [-0.3, -0.25) is 5.10 Å². The molecule has 6 nitrogen and oxygen atoms in total. The molecule has 0 bridgehead atoms. The molecule has 1 saturated heterocycles. The molecule has 0 saturated carbocycles. The summed E-state index contributed by atoms with van der Waals surface area (Å²) in [7, 11) is 0. The Hall–Kier alpha value is -3.81. The van der Waals surface area contributed by atoms with Crippen molar-refractivity contribution in [3.05, 3.63) is 96.7 Å². The zero-order valence-corrected chi connectivity index (χ0v) is 20.6. The van der Waals surface area contributed by atoms with Crippen LogP contribution in [0, 0.1) is 24.2 Å². The number of imidazole rings is 1. The van der Waals surface area contributed by atoms with Crippen molar-refractivity contribution in [2.75, 3.05) is 13.1 Å². The van der Waals surface area contributed by atoms with Gasteiger partial charge in [0.2, 0.25) is 0 Å². The molecule has 0 spiro atoms. The summed E-state index contributed by atoms with van der Waals surface area (Å²) in [5.41, 5.74) is 4.75. The number of aromatic nitrogens is 4. The average Bonchev–Trinajstić information content (AvgIpc) is 3.54. The van der Waals surface area contributed by atoms with Crippen LogP contribution >= 0.6 is 0 Å². The summed E-state index contributed by atoms with van der Waals surface area (Å²) >= 11 is 0. The fraction of sp³-hybridized carbons (Fsp3) is 0.172. The van der Waals surface area contributed by atoms with Crippen molar-refractivity contribution >= 4 is 11.0 Å². The maximum absolute atomic E-state index is 13.8. The predicted octanol–water partition coefficient (Wildman–Crippen LogP) is 2.31. The minimum atomic E-state index is -0.296. The number of benzene rings is 2. The Balaban J connectivity index is 0.00000320. The van der Waals surface area contributed by atoms with Crippen LogP contribution in [0.2, 0.25) is 0 Å². The average molecular weight is 485 g/mol. The van der Waals surface area contributed by atoms with E-state index in [0.29, 0.717) is 28.4 Å². The van der Waals surface area contributed by atoms with E-state index in [-0.39, 0.29) is 30.8 Å². The molecule has 3 heterocycles. The molecular formula is C29H25FLiN5O. The van der Waals surface area contributed by atoms with E-state index in [1.807, 2.05) is 24.3 Å². The van der Waals surface area contributed by atoms with Crippen LogP contribution in [0.15, 0.2) is 78.7 Å². The third-order valence-corrected chi connectivity index (χ3v) is 5.95. The Kier molecular flexibility index (Phi) is 8.48. The van der Waals surface area contributed by atoms with Crippen LogP contribution in [0.3, 0.4) is 0 Å². The van der Waals surface area contributed by atoms with Crippen LogP contribution in [0.4, 0.5) is 4.39 Å². The van der Waals surface area contributed by atoms with E-state index in [9.17, 15) is 4.39 Å². The SMILES string of the molecule is [CH-]=C(C#Cc1cn[nH]c1-c1nc2c(-c3cccc(F)c3)cccc2[nH]1)/C=C(\C=C)OC1CCNCC1.[Li+]. The van der Waals surface area contributed by atoms with Crippen LogP contribution in [0.25, 0.3) is 33.7 Å². The number of nitrogens with zero attached hydrogens (tertiary/aromatic N) is 2. The number of nitrogens with one attached hydrogen (secondary N) is 3. The van der Waals surface area contributed by atoms with Crippen LogP contribution < -0.4 is 24.2 Å². The van der Waals surface area contributed by atoms with Gasteiger partial charge in [0.1, 0.15) is 11.5 Å². The van der Waals surface area contributed by atoms with Crippen LogP contribution in [-0.2, 0) is 4.74 Å². The topological polar surface area (TPSA) is 78.6 Å². The number of ether oxygens (including phenoxy) is 1. The fourth-order valence-electron chi connectivity index (χ4n) is 4.18. The minimum Gasteiger partial charge on any atom is -0.503 e. The number of rotatable bonds is 6. The normalized spacial score (nSPS) is 13.9. The molecule has 3 N–H and O–H groups in total. The molecule has 1 aliphatic rings. The molecular weight excluding hydrogens is 460 g/mol. The fourth-order valence-corrected chi connectivity index (χ4v) is 4.18. The Labute approximate surface area is 227 Å². The summed E-state index contributed by atoms with van der Waals surface area (Å²) in [6.45, 7) is 11.9. The summed E-state index contributed by atoms with van der Waals surface area (Å²) in [5.74, 6) is 6.90. The van der Waals surface area contributed by atoms with Crippen molar-refractivity contribution in [3.8, 4) is 34.5 Å². The first-order chi connectivity index (χ1) is 17.6. The Morgan fingerprint density at radius 3 is 2.78 bits per heavy atom. The van der Waals surface area contributed by atoms with Crippen LogP contribution in [-0.4, -0.2) is 39.4 Å². The molecule has 37 heavy (non-hydrogen) atoms. The summed E-state index contributed by atoms with van der Waals surface area (Å²) in [6, 6.07) is 12.2. The van der Waals surface area contributed by atoms with Crippen molar-refractivity contribution in [1.82, 2.24) is 25.5 Å². The van der Waals surface area contributed by atoms with Gasteiger partial charge >= 0.3 is 18.9 Å². The minimum absolute atomic E-state index is 0. The zero-order valence-electron chi connectivity index (χ0n) is 20.6. The Morgan fingerprint density at radius 1 is 1.19 bits per heavy atom. The predicted molar refractivity (Wildman–Crippen MR) is 139 cm³/mol. The standard InChI is InChI=1S/C29H25FN5O.Li/c1-3-23(36-24-12-14-31-15-13-24)16-19(2)10-11-21-18-32-35-27(21)29-33-26-9-5-8-25(28(26)34-29)20-6-4-7-22(30)17-20;/h2-9,16-18,24,31H,1,12-15H2,(H,32,35)(H,33,34);/q-1;+1/b23-16+;. The second-order valence-corrected chi connectivity index (χ2v) is 8.48. The first-order valence-corrected chi connectivity index (χ1v) is 11.7. The maximum Gasteiger partial charge on any atom is 1.00 e. The maximum atomic E-state index is 13.8. The van der Waals surface area contributed by atoms with E-state index >= 15 is 0 Å². The number of hydrogen-bond donors (Lipinski definition) is 3. The third kappa shape index (κ3) is 6.13. The van der Waals surface area contributed by atoms with Crippen molar-refractivity contribution in [2.45, 2.75) is 18.9 Å². The monoisotopic (exact) mass is 485 g/mol. The quantitative estimate of drug-likeness (QED) is 0.129. The molecule has 0 radical (unpaired) electrons. The number of allylic oxidation sites excluding steroid dienone is 3. The van der Waals surface area contributed by atoms with Crippen molar-refractivity contribution < 1.29 is 28.0 Å². The first kappa shape index (κ1) is 26.3. The van der Waals surface area contributed by atoms with E-state index in [2.05, 4.69) is 38.9 Å². The van der Waals surface area contributed by atoms with Crippen molar-refractivity contribution in [1.29, 1.82) is 0 Å². The van der Waals surface area contributed by atoms with Gasteiger partial charge in [0.15, 0.2) is 5.82 Å². The number of H-pyrrole nitrogens is 2. The van der Waals surface area contributed by atoms with E-state index in [1.54, 1.807) is 24.4 Å². The second-order valence-electron chi connectivity index (χ2n) is 8.48. The second kappa shape index (κ2) is 11.9. The molecule has 8 heteroatoms. The van der Waals surface area contributed by atoms with Gasteiger partial charge in [0.25, 0.3) is 0 Å². The smallest absolute Gasteiger partial charge is 0.503 e. The zero-order chi connectivity index (χ0) is 24.9. The molecule has 4 aromatic rings. The molecule has 0 unspecified atom stereocenters. The number of halogens is 1. The van der Waals surface area contributed by atoms with Crippen LogP contribution in [0.1, 0.15) is 18.4 Å². The largest absolute Gasteiger partial charge is 1.00 e. The Morgan fingerprint density at radius 2 is 2.00 bits per heavy atom.